The number of nitrogens with one attached hydrogen (secondary N) is 1. The summed E-state index contributed by atoms with van der Waals surface area (Å²) in [6.45, 7) is 2.84. The Kier molecular flexibility index (Phi) is 6.58. The first-order valence-corrected chi connectivity index (χ1v) is 9.37. The molecule has 0 saturated heterocycles. The van der Waals surface area contributed by atoms with Crippen molar-refractivity contribution in [2.24, 2.45) is 0 Å². The topological polar surface area (TPSA) is 71.5 Å². The number of rotatable bonds is 7. The zero-order valence-corrected chi connectivity index (χ0v) is 16.5. The predicted molar refractivity (Wildman–Crippen MR) is 112 cm³/mol. The van der Waals surface area contributed by atoms with E-state index in [2.05, 4.69) is 10.3 Å². The lowest BCUT2D eigenvalue weighted by atomic mass is 10.1. The van der Waals surface area contributed by atoms with E-state index in [1.807, 2.05) is 49.4 Å². The summed E-state index contributed by atoms with van der Waals surface area (Å²) in [7, 11) is 1.73. The Morgan fingerprint density at radius 1 is 1.03 bits per heavy atom. The Morgan fingerprint density at radius 2 is 1.76 bits per heavy atom. The number of hydrogen-bond acceptors (Lipinski definition) is 4. The highest BCUT2D eigenvalue weighted by Gasteiger charge is 2.16. The summed E-state index contributed by atoms with van der Waals surface area (Å²) in [5.74, 6) is -0.00397. The van der Waals surface area contributed by atoms with Gasteiger partial charge in [-0.3, -0.25) is 14.6 Å². The van der Waals surface area contributed by atoms with E-state index >= 15 is 0 Å². The van der Waals surface area contributed by atoms with E-state index in [0.717, 1.165) is 5.56 Å². The van der Waals surface area contributed by atoms with Gasteiger partial charge in [0.2, 0.25) is 0 Å². The molecule has 0 radical (unpaired) electrons. The van der Waals surface area contributed by atoms with Gasteiger partial charge in [0.25, 0.3) is 11.8 Å². The minimum Gasteiger partial charge on any atom is -0.492 e. The van der Waals surface area contributed by atoms with Crippen molar-refractivity contribution >= 4 is 17.5 Å². The van der Waals surface area contributed by atoms with Gasteiger partial charge in [0.1, 0.15) is 11.4 Å². The average Bonchev–Trinajstić information content (AvgIpc) is 2.75. The van der Waals surface area contributed by atoms with Gasteiger partial charge in [-0.2, -0.15) is 0 Å². The molecule has 0 aliphatic rings. The lowest BCUT2D eigenvalue weighted by Crippen LogP contribution is -2.26. The average molecular weight is 389 g/mol. The fraction of sp³-hybridized carbons (Fsp3) is 0.174. The van der Waals surface area contributed by atoms with Crippen LogP contribution in [0.1, 0.15) is 33.3 Å². The molecule has 148 valence electrons. The molecule has 0 unspecified atom stereocenters. The van der Waals surface area contributed by atoms with Crippen LogP contribution < -0.4 is 10.1 Å². The molecule has 2 amide bonds. The lowest BCUT2D eigenvalue weighted by molar-refractivity contribution is 0.0785. The summed E-state index contributed by atoms with van der Waals surface area (Å²) >= 11 is 0. The Bertz CT molecular complexity index is 989. The van der Waals surface area contributed by atoms with Crippen LogP contribution in [0.4, 0.5) is 5.69 Å². The van der Waals surface area contributed by atoms with Gasteiger partial charge in [-0.05, 0) is 36.8 Å². The second kappa shape index (κ2) is 9.50. The van der Waals surface area contributed by atoms with E-state index in [-0.39, 0.29) is 11.6 Å². The predicted octanol–water partition coefficient (Wildman–Crippen LogP) is 4.00. The maximum atomic E-state index is 12.8. The van der Waals surface area contributed by atoms with E-state index in [9.17, 15) is 9.59 Å². The molecule has 1 heterocycles. The third-order valence-corrected chi connectivity index (χ3v) is 4.28. The van der Waals surface area contributed by atoms with Gasteiger partial charge in [-0.25, -0.2) is 0 Å². The van der Waals surface area contributed by atoms with Gasteiger partial charge >= 0.3 is 0 Å². The molecule has 3 rings (SSSR count). The zero-order chi connectivity index (χ0) is 20.6. The summed E-state index contributed by atoms with van der Waals surface area (Å²) in [5.41, 5.74) is 2.15. The first kappa shape index (κ1) is 20.1. The highest BCUT2D eigenvalue weighted by molar-refractivity contribution is 6.05. The fourth-order valence-corrected chi connectivity index (χ4v) is 2.87. The first-order chi connectivity index (χ1) is 14.1. The number of nitrogens with zero attached hydrogens (tertiary/aromatic N) is 2. The van der Waals surface area contributed by atoms with Gasteiger partial charge in [-0.15, -0.1) is 0 Å². The number of aromatic nitrogens is 1. The van der Waals surface area contributed by atoms with Crippen LogP contribution in [0.2, 0.25) is 0 Å². The van der Waals surface area contributed by atoms with Crippen LogP contribution in [-0.4, -0.2) is 35.4 Å². The van der Waals surface area contributed by atoms with Crippen molar-refractivity contribution in [1.82, 2.24) is 9.88 Å². The molecule has 2 aromatic carbocycles. The van der Waals surface area contributed by atoms with E-state index in [4.69, 9.17) is 4.74 Å². The number of hydrogen-bond donors (Lipinski definition) is 1. The molecular weight excluding hydrogens is 366 g/mol. The van der Waals surface area contributed by atoms with Crippen molar-refractivity contribution in [2.45, 2.75) is 13.5 Å². The number of carbonyl (C=O) groups excluding carboxylic acids is 2. The third kappa shape index (κ3) is 5.19. The van der Waals surface area contributed by atoms with Crippen molar-refractivity contribution < 1.29 is 14.3 Å². The second-order valence-corrected chi connectivity index (χ2v) is 6.46. The van der Waals surface area contributed by atoms with Gasteiger partial charge in [0.05, 0.1) is 12.3 Å². The number of benzene rings is 2. The van der Waals surface area contributed by atoms with Crippen molar-refractivity contribution in [3.8, 4) is 5.75 Å². The molecule has 6 nitrogen and oxygen atoms in total. The van der Waals surface area contributed by atoms with Crippen LogP contribution in [-0.2, 0) is 6.54 Å². The SMILES string of the molecule is CCOc1ccccc1NC(=O)c1cc(C(=O)N(C)Cc2ccccc2)ccn1. The summed E-state index contributed by atoms with van der Waals surface area (Å²) in [5, 5.41) is 2.80. The normalized spacial score (nSPS) is 10.3. The molecular formula is C23H23N3O3. The molecule has 0 atom stereocenters. The highest BCUT2D eigenvalue weighted by Crippen LogP contribution is 2.24. The van der Waals surface area contributed by atoms with Gasteiger partial charge in [0.15, 0.2) is 0 Å². The van der Waals surface area contributed by atoms with E-state index < -0.39 is 5.91 Å². The summed E-state index contributed by atoms with van der Waals surface area (Å²) < 4.78 is 5.53. The molecule has 0 spiro atoms. The third-order valence-electron chi connectivity index (χ3n) is 4.28. The number of amides is 2. The van der Waals surface area contributed by atoms with Crippen LogP contribution in [0.3, 0.4) is 0 Å². The van der Waals surface area contributed by atoms with Gasteiger partial charge in [-0.1, -0.05) is 42.5 Å². The number of anilines is 1. The summed E-state index contributed by atoms with van der Waals surface area (Å²) in [6.07, 6.45) is 1.47. The number of para-hydroxylation sites is 2. The zero-order valence-electron chi connectivity index (χ0n) is 16.5. The molecule has 6 heteroatoms. The monoisotopic (exact) mass is 389 g/mol. The smallest absolute Gasteiger partial charge is 0.274 e. The molecule has 1 aromatic heterocycles. The molecule has 0 aliphatic heterocycles. The Balaban J connectivity index is 1.73. The summed E-state index contributed by atoms with van der Waals surface area (Å²) in [6, 6.07) is 20.0. The van der Waals surface area contributed by atoms with Crippen molar-refractivity contribution in [3.05, 3.63) is 89.7 Å². The number of ether oxygens (including phenoxy) is 1. The van der Waals surface area contributed by atoms with Crippen LogP contribution in [0, 0.1) is 0 Å². The quantitative estimate of drug-likeness (QED) is 0.663. The van der Waals surface area contributed by atoms with Crippen molar-refractivity contribution in [2.75, 3.05) is 19.0 Å². The summed E-state index contributed by atoms with van der Waals surface area (Å²) in [4.78, 5) is 31.1. The molecule has 0 bridgehead atoms. The van der Waals surface area contributed by atoms with Crippen LogP contribution in [0.5, 0.6) is 5.75 Å². The molecule has 0 aliphatic carbocycles. The maximum absolute atomic E-state index is 12.8. The molecule has 0 fully saturated rings. The van der Waals surface area contributed by atoms with E-state index in [1.54, 1.807) is 30.1 Å². The Morgan fingerprint density at radius 3 is 2.52 bits per heavy atom. The van der Waals surface area contributed by atoms with Crippen LogP contribution in [0.15, 0.2) is 72.9 Å². The largest absolute Gasteiger partial charge is 0.492 e. The van der Waals surface area contributed by atoms with E-state index in [0.29, 0.717) is 30.2 Å². The van der Waals surface area contributed by atoms with Crippen molar-refractivity contribution in [1.29, 1.82) is 0 Å². The molecule has 29 heavy (non-hydrogen) atoms. The first-order valence-electron chi connectivity index (χ1n) is 9.37. The molecule has 1 N–H and O–H groups in total. The maximum Gasteiger partial charge on any atom is 0.274 e. The second-order valence-electron chi connectivity index (χ2n) is 6.46. The lowest BCUT2D eigenvalue weighted by Gasteiger charge is -2.17. The van der Waals surface area contributed by atoms with Gasteiger partial charge in [0, 0.05) is 25.4 Å². The standard InChI is InChI=1S/C23H23N3O3/c1-3-29-21-12-8-7-11-19(21)25-22(27)20-15-18(13-14-24-20)23(28)26(2)16-17-9-5-4-6-10-17/h4-15H,3,16H2,1-2H3,(H,25,27). The molecule has 3 aromatic rings. The highest BCUT2D eigenvalue weighted by atomic mass is 16.5. The Hall–Kier alpha value is -3.67. The molecule has 0 saturated carbocycles. The van der Waals surface area contributed by atoms with Gasteiger partial charge < -0.3 is 15.0 Å². The minimum absolute atomic E-state index is 0.162. The Labute approximate surface area is 170 Å². The number of pyridine rings is 1. The van der Waals surface area contributed by atoms with Crippen molar-refractivity contribution in [3.63, 3.8) is 0 Å². The van der Waals surface area contributed by atoms with Crippen LogP contribution >= 0.6 is 0 Å². The van der Waals surface area contributed by atoms with Crippen LogP contribution in [0.25, 0.3) is 0 Å². The minimum atomic E-state index is -0.405. The van der Waals surface area contributed by atoms with E-state index in [1.165, 1.54) is 12.3 Å². The number of carbonyl (C=O) groups is 2. The fourth-order valence-electron chi connectivity index (χ4n) is 2.87.